The fraction of sp³-hybridized carbons (Fsp3) is 0.0833. The molecule has 152 valence electrons. The summed E-state index contributed by atoms with van der Waals surface area (Å²) in [6.45, 7) is 4.00. The van der Waals surface area contributed by atoms with Crippen molar-refractivity contribution in [2.24, 2.45) is 0 Å². The average molecular weight is 406 g/mol. The number of benzene rings is 2. The molecule has 0 N–H and O–H groups in total. The minimum absolute atomic E-state index is 0.0549. The summed E-state index contributed by atoms with van der Waals surface area (Å²) in [4.78, 5) is 17.9. The van der Waals surface area contributed by atoms with Crippen LogP contribution in [0.1, 0.15) is 11.1 Å². The Balaban J connectivity index is 1.70. The third-order valence-electron chi connectivity index (χ3n) is 4.22. The molecule has 0 spiro atoms. The largest absolute Gasteiger partial charge is 0.453 e. The van der Waals surface area contributed by atoms with E-state index in [-0.39, 0.29) is 30.6 Å². The third-order valence-corrected chi connectivity index (χ3v) is 4.22. The van der Waals surface area contributed by atoms with E-state index in [9.17, 15) is 13.6 Å². The van der Waals surface area contributed by atoms with Gasteiger partial charge in [-0.25, -0.2) is 8.78 Å². The van der Waals surface area contributed by atoms with Crippen LogP contribution in [0.25, 0.3) is 6.08 Å². The summed E-state index contributed by atoms with van der Waals surface area (Å²) in [6.07, 6.45) is 7.46. The van der Waals surface area contributed by atoms with Gasteiger partial charge in [0.2, 0.25) is 5.91 Å². The van der Waals surface area contributed by atoms with Crippen molar-refractivity contribution >= 4 is 12.0 Å². The zero-order chi connectivity index (χ0) is 21.3. The van der Waals surface area contributed by atoms with Crippen LogP contribution in [-0.2, 0) is 11.3 Å². The van der Waals surface area contributed by atoms with Crippen LogP contribution in [0, 0.1) is 11.6 Å². The molecule has 6 heteroatoms. The Hall–Kier alpha value is -3.80. The standard InChI is InChI=1S/C24H20F2N2O2/c1-2-14-28(17-19-6-3-4-8-21(19)25)24(29)12-10-18-9-11-23(22(26)15-18)30-20-7-5-13-27-16-20/h2-13,15-16H,1,14,17H2/b12-10+. The average Bonchev–Trinajstić information content (AvgIpc) is 2.75. The van der Waals surface area contributed by atoms with E-state index in [4.69, 9.17) is 4.74 Å². The summed E-state index contributed by atoms with van der Waals surface area (Å²) in [5.74, 6) is -0.811. The van der Waals surface area contributed by atoms with Crippen LogP contribution in [0.2, 0.25) is 0 Å². The van der Waals surface area contributed by atoms with Gasteiger partial charge in [-0.1, -0.05) is 30.3 Å². The van der Waals surface area contributed by atoms with Gasteiger partial charge in [0.1, 0.15) is 11.6 Å². The Morgan fingerprint density at radius 2 is 1.93 bits per heavy atom. The molecule has 0 aliphatic carbocycles. The van der Waals surface area contributed by atoms with Crippen LogP contribution in [-0.4, -0.2) is 22.3 Å². The van der Waals surface area contributed by atoms with E-state index >= 15 is 0 Å². The van der Waals surface area contributed by atoms with Gasteiger partial charge < -0.3 is 9.64 Å². The maximum absolute atomic E-state index is 14.3. The highest BCUT2D eigenvalue weighted by Crippen LogP contribution is 2.25. The monoisotopic (exact) mass is 406 g/mol. The van der Waals surface area contributed by atoms with Crippen molar-refractivity contribution in [3.05, 3.63) is 108 Å². The molecule has 0 saturated carbocycles. The van der Waals surface area contributed by atoms with Crippen LogP contribution in [0.5, 0.6) is 11.5 Å². The zero-order valence-corrected chi connectivity index (χ0v) is 16.2. The Labute approximate surface area is 173 Å². The number of nitrogens with zero attached hydrogens (tertiary/aromatic N) is 2. The highest BCUT2D eigenvalue weighted by atomic mass is 19.1. The van der Waals surface area contributed by atoms with Gasteiger partial charge in [-0.15, -0.1) is 6.58 Å². The maximum Gasteiger partial charge on any atom is 0.247 e. The molecular formula is C24H20F2N2O2. The topological polar surface area (TPSA) is 42.4 Å². The predicted octanol–water partition coefficient (Wildman–Crippen LogP) is 5.38. The SMILES string of the molecule is C=CCN(Cc1ccccc1F)C(=O)/C=C/c1ccc(Oc2cccnc2)c(F)c1. The van der Waals surface area contributed by atoms with E-state index in [1.165, 1.54) is 41.4 Å². The number of hydrogen-bond acceptors (Lipinski definition) is 3. The number of carbonyl (C=O) groups excluding carboxylic acids is 1. The summed E-state index contributed by atoms with van der Waals surface area (Å²) in [7, 11) is 0. The number of aromatic nitrogens is 1. The second-order valence-corrected chi connectivity index (χ2v) is 6.41. The van der Waals surface area contributed by atoms with E-state index in [0.29, 0.717) is 16.9 Å². The second kappa shape index (κ2) is 10.1. The van der Waals surface area contributed by atoms with Gasteiger partial charge in [-0.05, 0) is 42.0 Å². The van der Waals surface area contributed by atoms with Gasteiger partial charge in [-0.3, -0.25) is 9.78 Å². The predicted molar refractivity (Wildman–Crippen MR) is 112 cm³/mol. The highest BCUT2D eigenvalue weighted by molar-refractivity contribution is 5.91. The van der Waals surface area contributed by atoms with E-state index in [1.807, 2.05) is 0 Å². The molecule has 0 unspecified atom stereocenters. The Kier molecular flexibility index (Phi) is 7.05. The lowest BCUT2D eigenvalue weighted by Gasteiger charge is -2.20. The number of rotatable bonds is 8. The number of hydrogen-bond donors (Lipinski definition) is 0. The van der Waals surface area contributed by atoms with Gasteiger partial charge in [0.15, 0.2) is 11.6 Å². The smallest absolute Gasteiger partial charge is 0.247 e. The normalized spacial score (nSPS) is 10.7. The summed E-state index contributed by atoms with van der Waals surface area (Å²) in [5.41, 5.74) is 0.896. The first-order valence-electron chi connectivity index (χ1n) is 9.25. The molecular weight excluding hydrogens is 386 g/mol. The number of halogens is 2. The van der Waals surface area contributed by atoms with Crippen LogP contribution < -0.4 is 4.74 Å². The minimum Gasteiger partial charge on any atom is -0.453 e. The molecule has 0 atom stereocenters. The molecule has 1 amide bonds. The number of ether oxygens (including phenoxy) is 1. The molecule has 1 aromatic heterocycles. The summed E-state index contributed by atoms with van der Waals surface area (Å²) in [5, 5.41) is 0. The minimum atomic E-state index is -0.567. The van der Waals surface area contributed by atoms with Crippen molar-refractivity contribution in [1.29, 1.82) is 0 Å². The summed E-state index contributed by atoms with van der Waals surface area (Å²) >= 11 is 0. The Morgan fingerprint density at radius 3 is 2.63 bits per heavy atom. The van der Waals surface area contributed by atoms with Gasteiger partial charge in [-0.2, -0.15) is 0 Å². The number of amides is 1. The fourth-order valence-corrected chi connectivity index (χ4v) is 2.73. The van der Waals surface area contributed by atoms with E-state index in [1.54, 1.807) is 48.7 Å². The van der Waals surface area contributed by atoms with Crippen LogP contribution in [0.3, 0.4) is 0 Å². The van der Waals surface area contributed by atoms with E-state index in [2.05, 4.69) is 11.6 Å². The fourth-order valence-electron chi connectivity index (χ4n) is 2.73. The lowest BCUT2D eigenvalue weighted by molar-refractivity contribution is -0.126. The zero-order valence-electron chi connectivity index (χ0n) is 16.2. The van der Waals surface area contributed by atoms with E-state index < -0.39 is 5.82 Å². The maximum atomic E-state index is 14.3. The van der Waals surface area contributed by atoms with Crippen molar-refractivity contribution in [2.75, 3.05) is 6.54 Å². The molecule has 0 saturated heterocycles. The van der Waals surface area contributed by atoms with Crippen molar-refractivity contribution in [3.8, 4) is 11.5 Å². The first-order valence-corrected chi connectivity index (χ1v) is 9.25. The summed E-state index contributed by atoms with van der Waals surface area (Å²) < 4.78 is 33.7. The molecule has 0 aliphatic rings. The number of pyridine rings is 1. The van der Waals surface area contributed by atoms with Gasteiger partial charge in [0.25, 0.3) is 0 Å². The van der Waals surface area contributed by atoms with Gasteiger partial charge in [0, 0.05) is 30.9 Å². The highest BCUT2D eigenvalue weighted by Gasteiger charge is 2.12. The molecule has 3 rings (SSSR count). The molecule has 0 aliphatic heterocycles. The molecule has 30 heavy (non-hydrogen) atoms. The molecule has 3 aromatic rings. The molecule has 1 heterocycles. The Morgan fingerprint density at radius 1 is 1.10 bits per heavy atom. The molecule has 0 fully saturated rings. The van der Waals surface area contributed by atoms with Gasteiger partial charge in [0.05, 0.1) is 6.20 Å². The quantitative estimate of drug-likeness (QED) is 0.373. The third kappa shape index (κ3) is 5.61. The van der Waals surface area contributed by atoms with Crippen molar-refractivity contribution in [2.45, 2.75) is 6.54 Å². The van der Waals surface area contributed by atoms with Crippen LogP contribution >= 0.6 is 0 Å². The lowest BCUT2D eigenvalue weighted by Crippen LogP contribution is -2.29. The number of carbonyl (C=O) groups is 1. The van der Waals surface area contributed by atoms with Gasteiger partial charge >= 0.3 is 0 Å². The van der Waals surface area contributed by atoms with Crippen LogP contribution in [0.4, 0.5) is 8.78 Å². The van der Waals surface area contributed by atoms with Crippen molar-refractivity contribution < 1.29 is 18.3 Å². The molecule has 2 aromatic carbocycles. The second-order valence-electron chi connectivity index (χ2n) is 6.41. The summed E-state index contributed by atoms with van der Waals surface area (Å²) in [6, 6.07) is 14.0. The molecule has 0 radical (unpaired) electrons. The van der Waals surface area contributed by atoms with Crippen molar-refractivity contribution in [1.82, 2.24) is 9.88 Å². The molecule has 0 bridgehead atoms. The lowest BCUT2D eigenvalue weighted by atomic mass is 10.1. The van der Waals surface area contributed by atoms with E-state index in [0.717, 1.165) is 0 Å². The molecule has 4 nitrogen and oxygen atoms in total. The Bertz CT molecular complexity index is 1050. The first kappa shape index (κ1) is 20.9. The van der Waals surface area contributed by atoms with Crippen molar-refractivity contribution in [3.63, 3.8) is 0 Å². The first-order chi connectivity index (χ1) is 14.6. The van der Waals surface area contributed by atoms with Crippen LogP contribution in [0.15, 0.2) is 85.7 Å².